The summed E-state index contributed by atoms with van der Waals surface area (Å²) in [6.07, 6.45) is 2.65. The van der Waals surface area contributed by atoms with E-state index in [0.717, 1.165) is 57.9 Å². The molecule has 150 valence electrons. The van der Waals surface area contributed by atoms with Crippen molar-refractivity contribution in [2.75, 3.05) is 53.0 Å². The van der Waals surface area contributed by atoms with Gasteiger partial charge in [0.1, 0.15) is 12.4 Å². The van der Waals surface area contributed by atoms with Crippen molar-refractivity contribution in [3.05, 3.63) is 29.8 Å². The molecule has 1 unspecified atom stereocenters. The predicted molar refractivity (Wildman–Crippen MR) is 106 cm³/mol. The summed E-state index contributed by atoms with van der Waals surface area (Å²) in [5.41, 5.74) is 1.37. The number of carbonyl (C=O) groups excluding carboxylic acids is 1. The summed E-state index contributed by atoms with van der Waals surface area (Å²) >= 11 is 0. The number of aliphatic hydroxyl groups is 1. The van der Waals surface area contributed by atoms with Crippen LogP contribution in [-0.2, 0) is 11.3 Å². The van der Waals surface area contributed by atoms with Gasteiger partial charge in [0.25, 0.3) is 0 Å². The molecule has 1 amide bonds. The fourth-order valence-electron chi connectivity index (χ4n) is 4.36. The van der Waals surface area contributed by atoms with E-state index in [1.165, 1.54) is 5.56 Å². The molecule has 2 heterocycles. The van der Waals surface area contributed by atoms with Crippen LogP contribution in [-0.4, -0.2) is 84.2 Å². The standard InChI is InChI=1S/C21H33N3O3/c1-3-24-11-10-21(9-8-20(24)26)17-23(13-12-22(21)2)16-18-4-6-19(7-5-18)27-15-14-25/h4-7,25H,3,8-17H2,1-2H3. The number of hydrogen-bond acceptors (Lipinski definition) is 5. The van der Waals surface area contributed by atoms with Crippen molar-refractivity contribution in [3.8, 4) is 5.75 Å². The van der Waals surface area contributed by atoms with E-state index in [9.17, 15) is 4.79 Å². The number of aliphatic hydroxyl groups excluding tert-OH is 1. The molecule has 3 rings (SSSR count). The third-order valence-electron chi connectivity index (χ3n) is 6.15. The van der Waals surface area contributed by atoms with Crippen molar-refractivity contribution in [2.45, 2.75) is 38.3 Å². The predicted octanol–water partition coefficient (Wildman–Crippen LogP) is 1.58. The third-order valence-corrected chi connectivity index (χ3v) is 6.15. The van der Waals surface area contributed by atoms with E-state index in [1.54, 1.807) is 0 Å². The number of nitrogens with zero attached hydrogens (tertiary/aromatic N) is 3. The lowest BCUT2D eigenvalue weighted by molar-refractivity contribution is -0.130. The van der Waals surface area contributed by atoms with Gasteiger partial charge in [0.15, 0.2) is 0 Å². The number of hydrogen-bond donors (Lipinski definition) is 1. The number of ether oxygens (including phenoxy) is 1. The summed E-state index contributed by atoms with van der Waals surface area (Å²) in [5, 5.41) is 8.85. The zero-order chi connectivity index (χ0) is 19.3. The highest BCUT2D eigenvalue weighted by molar-refractivity contribution is 5.76. The van der Waals surface area contributed by atoms with Crippen molar-refractivity contribution >= 4 is 5.91 Å². The number of rotatable bonds is 6. The first-order chi connectivity index (χ1) is 13.1. The molecule has 0 radical (unpaired) electrons. The van der Waals surface area contributed by atoms with Crippen LogP contribution in [0.4, 0.5) is 0 Å². The Hall–Kier alpha value is -1.63. The molecule has 27 heavy (non-hydrogen) atoms. The minimum atomic E-state index is 0.0308. The Bertz CT molecular complexity index is 622. The minimum Gasteiger partial charge on any atom is -0.491 e. The van der Waals surface area contributed by atoms with Crippen LogP contribution in [0.15, 0.2) is 24.3 Å². The van der Waals surface area contributed by atoms with E-state index in [4.69, 9.17) is 9.84 Å². The van der Waals surface area contributed by atoms with Crippen LogP contribution in [0.3, 0.4) is 0 Å². The molecule has 2 aliphatic heterocycles. The lowest BCUT2D eigenvalue weighted by atomic mass is 9.86. The Morgan fingerprint density at radius 2 is 1.93 bits per heavy atom. The Morgan fingerprint density at radius 3 is 2.63 bits per heavy atom. The van der Waals surface area contributed by atoms with E-state index in [0.29, 0.717) is 18.9 Å². The zero-order valence-corrected chi connectivity index (χ0v) is 16.7. The van der Waals surface area contributed by atoms with Crippen LogP contribution in [0.5, 0.6) is 5.75 Å². The second-order valence-electron chi connectivity index (χ2n) is 7.80. The second kappa shape index (κ2) is 9.04. The monoisotopic (exact) mass is 375 g/mol. The summed E-state index contributed by atoms with van der Waals surface area (Å²) in [5.74, 6) is 1.10. The summed E-state index contributed by atoms with van der Waals surface area (Å²) in [4.78, 5) is 19.3. The summed E-state index contributed by atoms with van der Waals surface area (Å²) < 4.78 is 5.44. The molecule has 2 saturated heterocycles. The Labute approximate surface area is 162 Å². The van der Waals surface area contributed by atoms with Crippen LogP contribution in [0.25, 0.3) is 0 Å². The number of amides is 1. The van der Waals surface area contributed by atoms with Crippen LogP contribution in [0, 0.1) is 0 Å². The molecular formula is C21H33N3O3. The highest BCUT2D eigenvalue weighted by Gasteiger charge is 2.41. The normalized spacial score (nSPS) is 25.0. The minimum absolute atomic E-state index is 0.0308. The molecule has 2 fully saturated rings. The van der Waals surface area contributed by atoms with Gasteiger partial charge in [-0.1, -0.05) is 12.1 Å². The quantitative estimate of drug-likeness (QED) is 0.818. The van der Waals surface area contributed by atoms with Gasteiger partial charge in [-0.2, -0.15) is 0 Å². The first kappa shape index (κ1) is 20.1. The average molecular weight is 376 g/mol. The molecule has 1 aromatic carbocycles. The maximum atomic E-state index is 12.3. The van der Waals surface area contributed by atoms with E-state index >= 15 is 0 Å². The van der Waals surface area contributed by atoms with E-state index in [2.05, 4.69) is 35.9 Å². The maximum Gasteiger partial charge on any atom is 0.222 e. The molecule has 1 N–H and O–H groups in total. The number of benzene rings is 1. The summed E-state index contributed by atoms with van der Waals surface area (Å²) in [6, 6.07) is 8.15. The van der Waals surface area contributed by atoms with Gasteiger partial charge in [-0.3, -0.25) is 14.6 Å². The van der Waals surface area contributed by atoms with Gasteiger partial charge in [0, 0.05) is 51.2 Å². The molecule has 0 saturated carbocycles. The van der Waals surface area contributed by atoms with Crippen molar-refractivity contribution in [1.82, 2.24) is 14.7 Å². The highest BCUT2D eigenvalue weighted by Crippen LogP contribution is 2.32. The molecule has 1 aromatic rings. The van der Waals surface area contributed by atoms with E-state index < -0.39 is 0 Å². The largest absolute Gasteiger partial charge is 0.491 e. The molecule has 1 atom stereocenters. The van der Waals surface area contributed by atoms with Crippen molar-refractivity contribution < 1.29 is 14.6 Å². The average Bonchev–Trinajstić information content (AvgIpc) is 2.84. The number of likely N-dealkylation sites (tertiary alicyclic amines) is 1. The molecule has 6 heteroatoms. The molecule has 0 aliphatic carbocycles. The van der Waals surface area contributed by atoms with Gasteiger partial charge in [0.05, 0.1) is 6.61 Å². The van der Waals surface area contributed by atoms with Crippen LogP contribution < -0.4 is 4.74 Å². The van der Waals surface area contributed by atoms with Crippen molar-refractivity contribution in [1.29, 1.82) is 0 Å². The smallest absolute Gasteiger partial charge is 0.222 e. The molecule has 2 aliphatic rings. The van der Waals surface area contributed by atoms with Gasteiger partial charge in [-0.15, -0.1) is 0 Å². The first-order valence-electron chi connectivity index (χ1n) is 10.1. The first-order valence-corrected chi connectivity index (χ1v) is 10.1. The van der Waals surface area contributed by atoms with Crippen LogP contribution >= 0.6 is 0 Å². The number of carbonyl (C=O) groups is 1. The fraction of sp³-hybridized carbons (Fsp3) is 0.667. The van der Waals surface area contributed by atoms with Crippen LogP contribution in [0.2, 0.25) is 0 Å². The third kappa shape index (κ3) is 4.81. The molecule has 1 spiro atoms. The number of piperazine rings is 1. The lowest BCUT2D eigenvalue weighted by Gasteiger charge is -2.49. The Morgan fingerprint density at radius 1 is 1.15 bits per heavy atom. The van der Waals surface area contributed by atoms with Gasteiger partial charge in [-0.25, -0.2) is 0 Å². The zero-order valence-electron chi connectivity index (χ0n) is 16.7. The lowest BCUT2D eigenvalue weighted by Crippen LogP contribution is -2.60. The SMILES string of the molecule is CCN1CCC2(CCC1=O)CN(Cc1ccc(OCCO)cc1)CCN2C. The highest BCUT2D eigenvalue weighted by atomic mass is 16.5. The summed E-state index contributed by atoms with van der Waals surface area (Å²) in [6.45, 7) is 8.12. The van der Waals surface area contributed by atoms with E-state index in [-0.39, 0.29) is 12.1 Å². The Kier molecular flexibility index (Phi) is 6.73. The van der Waals surface area contributed by atoms with Gasteiger partial charge in [0.2, 0.25) is 5.91 Å². The molecule has 6 nitrogen and oxygen atoms in total. The molecular weight excluding hydrogens is 342 g/mol. The van der Waals surface area contributed by atoms with Crippen LogP contribution in [0.1, 0.15) is 31.7 Å². The fourth-order valence-corrected chi connectivity index (χ4v) is 4.36. The van der Waals surface area contributed by atoms with Gasteiger partial charge in [-0.05, 0) is 44.5 Å². The Balaban J connectivity index is 1.63. The topological polar surface area (TPSA) is 56.3 Å². The van der Waals surface area contributed by atoms with Crippen molar-refractivity contribution in [2.24, 2.45) is 0 Å². The maximum absolute atomic E-state index is 12.3. The molecule has 0 bridgehead atoms. The number of likely N-dealkylation sites (N-methyl/N-ethyl adjacent to an activating group) is 1. The van der Waals surface area contributed by atoms with Gasteiger partial charge < -0.3 is 14.7 Å². The second-order valence-corrected chi connectivity index (χ2v) is 7.80. The molecule has 0 aromatic heterocycles. The van der Waals surface area contributed by atoms with Gasteiger partial charge >= 0.3 is 0 Å². The van der Waals surface area contributed by atoms with Crippen molar-refractivity contribution in [3.63, 3.8) is 0 Å². The van der Waals surface area contributed by atoms with E-state index in [1.807, 2.05) is 17.0 Å². The summed E-state index contributed by atoms with van der Waals surface area (Å²) in [7, 11) is 2.22.